The summed E-state index contributed by atoms with van der Waals surface area (Å²) in [4.78, 5) is 28.2. The van der Waals surface area contributed by atoms with E-state index in [1.54, 1.807) is 24.4 Å². The molecule has 0 saturated heterocycles. The molecule has 8 nitrogen and oxygen atoms in total. The number of nitrogens with one attached hydrogen (secondary N) is 1. The molecule has 4 heterocycles. The highest BCUT2D eigenvalue weighted by Gasteiger charge is 2.26. The molecule has 4 rings (SSSR count). The third-order valence-corrected chi connectivity index (χ3v) is 4.70. The van der Waals surface area contributed by atoms with Gasteiger partial charge in [0.25, 0.3) is 0 Å². The fourth-order valence-corrected chi connectivity index (χ4v) is 3.41. The number of amidine groups is 1. The highest BCUT2D eigenvalue weighted by atomic mass is 32.2. The Kier molecular flexibility index (Phi) is 3.39. The monoisotopic (exact) mass is 330 g/mol. The minimum atomic E-state index is -0.142. The first-order valence-corrected chi connectivity index (χ1v) is 7.93. The van der Waals surface area contributed by atoms with Crippen molar-refractivity contribution in [2.45, 2.75) is 12.6 Å². The predicted octanol–water partition coefficient (Wildman–Crippen LogP) is 1.47. The summed E-state index contributed by atoms with van der Waals surface area (Å²) in [6.45, 7) is 0.727. The van der Waals surface area contributed by atoms with Gasteiger partial charge in [-0.15, -0.1) is 11.8 Å². The van der Waals surface area contributed by atoms with Gasteiger partial charge in [-0.1, -0.05) is 12.2 Å². The second-order valence-corrected chi connectivity index (χ2v) is 6.06. The number of aromatic nitrogens is 4. The Hall–Kier alpha value is -2.20. The van der Waals surface area contributed by atoms with Gasteiger partial charge in [-0.05, 0) is 0 Å². The number of nitrogens with zero attached hydrogens (tertiary/aromatic N) is 7. The third-order valence-electron chi connectivity index (χ3n) is 3.25. The number of fused-ring (bicyclic) bond motifs is 2. The van der Waals surface area contributed by atoms with Crippen LogP contribution in [0.3, 0.4) is 0 Å². The van der Waals surface area contributed by atoms with Crippen LogP contribution in [0.2, 0.25) is 0 Å². The van der Waals surface area contributed by atoms with Gasteiger partial charge in [0.05, 0.1) is 12.7 Å². The Labute approximate surface area is 134 Å². The molecule has 2 aliphatic heterocycles. The van der Waals surface area contributed by atoms with Gasteiger partial charge in [-0.25, -0.2) is 24.9 Å². The van der Waals surface area contributed by atoms with Crippen molar-refractivity contribution in [3.8, 4) is 0 Å². The Morgan fingerprint density at radius 2 is 2.23 bits per heavy atom. The zero-order chi connectivity index (χ0) is 14.9. The summed E-state index contributed by atoms with van der Waals surface area (Å²) in [5.41, 5.74) is 1.43. The van der Waals surface area contributed by atoms with Crippen LogP contribution in [0.5, 0.6) is 0 Å². The molecule has 0 spiro atoms. The normalized spacial score (nSPS) is 19.4. The number of hydrogen-bond acceptors (Lipinski definition) is 8. The molecule has 0 amide bonds. The highest BCUT2D eigenvalue weighted by Crippen LogP contribution is 2.18. The van der Waals surface area contributed by atoms with E-state index in [1.165, 1.54) is 12.7 Å². The van der Waals surface area contributed by atoms with E-state index in [0.717, 1.165) is 22.9 Å². The Morgan fingerprint density at radius 1 is 1.27 bits per heavy atom. The molecule has 1 atom stereocenters. The van der Waals surface area contributed by atoms with Crippen molar-refractivity contribution in [2.24, 2.45) is 20.0 Å². The standard InChI is InChI=1S/C12H10N8S2/c21-12-8-10(16-4-14-8)19-6-20(12)1-2-22-11-7-9(15-3-13-7)17-5-18-11/h3-7H,1-2H2,(H,14,16)/t7-/m1/s1. The minimum absolute atomic E-state index is 0.142. The number of rotatable bonds is 3. The Bertz CT molecular complexity index is 903. The zero-order valence-corrected chi connectivity index (χ0v) is 12.9. The van der Waals surface area contributed by atoms with Gasteiger partial charge in [-0.3, -0.25) is 4.99 Å². The number of aromatic amines is 1. The molecule has 0 bridgehead atoms. The van der Waals surface area contributed by atoms with E-state index >= 15 is 0 Å². The lowest BCUT2D eigenvalue weighted by atomic mass is 10.3. The van der Waals surface area contributed by atoms with Crippen LogP contribution < -0.4 is 0 Å². The van der Waals surface area contributed by atoms with Crippen LogP contribution in [0.4, 0.5) is 0 Å². The maximum Gasteiger partial charge on any atom is 0.181 e. The van der Waals surface area contributed by atoms with Crippen LogP contribution in [-0.4, -0.2) is 54.9 Å². The molecule has 10 heteroatoms. The molecule has 2 aromatic rings. The average molecular weight is 330 g/mol. The van der Waals surface area contributed by atoms with E-state index in [1.807, 2.05) is 4.57 Å². The number of aryl methyl sites for hydroxylation is 1. The van der Waals surface area contributed by atoms with Gasteiger partial charge in [0.2, 0.25) is 0 Å². The predicted molar refractivity (Wildman–Crippen MR) is 90.8 cm³/mol. The molecule has 0 aromatic carbocycles. The lowest BCUT2D eigenvalue weighted by molar-refractivity contribution is 0.741. The summed E-state index contributed by atoms with van der Waals surface area (Å²) in [6.07, 6.45) is 6.37. The second kappa shape index (κ2) is 5.54. The smallest absolute Gasteiger partial charge is 0.181 e. The first kappa shape index (κ1) is 13.5. The lowest BCUT2D eigenvalue weighted by Crippen LogP contribution is -2.26. The van der Waals surface area contributed by atoms with Crippen molar-refractivity contribution in [2.75, 3.05) is 5.75 Å². The van der Waals surface area contributed by atoms with E-state index in [-0.39, 0.29) is 6.04 Å². The molecule has 22 heavy (non-hydrogen) atoms. The van der Waals surface area contributed by atoms with Gasteiger partial charge in [0.15, 0.2) is 17.5 Å². The van der Waals surface area contributed by atoms with Crippen molar-refractivity contribution < 1.29 is 0 Å². The lowest BCUT2D eigenvalue weighted by Gasteiger charge is -2.13. The van der Waals surface area contributed by atoms with Crippen LogP contribution in [0.15, 0.2) is 32.6 Å². The summed E-state index contributed by atoms with van der Waals surface area (Å²) in [7, 11) is 0. The molecular formula is C12H10N8S2. The maximum atomic E-state index is 5.44. The fourth-order valence-electron chi connectivity index (χ4n) is 2.18. The first-order valence-electron chi connectivity index (χ1n) is 6.54. The SMILES string of the molecule is S=c1c2[nH]cnc2ncn1CCSC1=NC=NC2=NC=N[C@H]21. The molecule has 2 aliphatic rings. The molecule has 0 unspecified atom stereocenters. The summed E-state index contributed by atoms with van der Waals surface area (Å²) >= 11 is 7.07. The third kappa shape index (κ3) is 2.29. The van der Waals surface area contributed by atoms with Gasteiger partial charge in [-0.2, -0.15) is 0 Å². The number of thioether (sulfide) groups is 1. The van der Waals surface area contributed by atoms with Crippen LogP contribution in [0, 0.1) is 4.64 Å². The first-order chi connectivity index (χ1) is 10.8. The summed E-state index contributed by atoms with van der Waals surface area (Å²) in [5, 5.41) is 0.907. The Balaban J connectivity index is 1.46. The number of hydrogen-bond donors (Lipinski definition) is 1. The highest BCUT2D eigenvalue weighted by molar-refractivity contribution is 8.14. The molecule has 2 aromatic heterocycles. The molecular weight excluding hydrogens is 320 g/mol. The van der Waals surface area contributed by atoms with Crippen LogP contribution in [0.1, 0.15) is 0 Å². The van der Waals surface area contributed by atoms with Crippen molar-refractivity contribution >= 4 is 58.7 Å². The van der Waals surface area contributed by atoms with E-state index in [0.29, 0.717) is 16.1 Å². The van der Waals surface area contributed by atoms with Gasteiger partial charge >= 0.3 is 0 Å². The average Bonchev–Trinajstić information content (AvgIpc) is 3.18. The Morgan fingerprint density at radius 3 is 3.18 bits per heavy atom. The largest absolute Gasteiger partial charge is 0.341 e. The van der Waals surface area contributed by atoms with Crippen molar-refractivity contribution in [1.29, 1.82) is 0 Å². The van der Waals surface area contributed by atoms with E-state index in [9.17, 15) is 0 Å². The quantitative estimate of drug-likeness (QED) is 0.862. The van der Waals surface area contributed by atoms with Gasteiger partial charge in [0, 0.05) is 12.3 Å². The zero-order valence-electron chi connectivity index (χ0n) is 11.2. The van der Waals surface area contributed by atoms with Crippen LogP contribution in [-0.2, 0) is 6.54 Å². The minimum Gasteiger partial charge on any atom is -0.341 e. The van der Waals surface area contributed by atoms with Gasteiger partial charge in [0.1, 0.15) is 27.9 Å². The second-order valence-electron chi connectivity index (χ2n) is 4.56. The van der Waals surface area contributed by atoms with Crippen molar-refractivity contribution in [1.82, 2.24) is 19.5 Å². The molecule has 0 aliphatic carbocycles. The summed E-state index contributed by atoms with van der Waals surface area (Å²) in [6, 6.07) is -0.142. The van der Waals surface area contributed by atoms with E-state index in [2.05, 4.69) is 34.9 Å². The van der Waals surface area contributed by atoms with Crippen LogP contribution in [0.25, 0.3) is 11.2 Å². The topological polar surface area (TPSA) is 95.9 Å². The fraction of sp³-hybridized carbons (Fsp3) is 0.250. The maximum absolute atomic E-state index is 5.44. The van der Waals surface area contributed by atoms with Crippen molar-refractivity contribution in [3.63, 3.8) is 0 Å². The number of H-pyrrole nitrogens is 1. The molecule has 0 saturated carbocycles. The summed E-state index contributed by atoms with van der Waals surface area (Å²) in [5.74, 6) is 1.51. The van der Waals surface area contributed by atoms with Gasteiger partial charge < -0.3 is 9.55 Å². The van der Waals surface area contributed by atoms with E-state index in [4.69, 9.17) is 12.2 Å². The van der Waals surface area contributed by atoms with E-state index < -0.39 is 0 Å². The number of aliphatic imine (C=N–C) groups is 4. The molecule has 0 radical (unpaired) electrons. The molecule has 110 valence electrons. The number of imidazole rings is 1. The van der Waals surface area contributed by atoms with Crippen molar-refractivity contribution in [3.05, 3.63) is 17.3 Å². The van der Waals surface area contributed by atoms with Crippen LogP contribution >= 0.6 is 24.0 Å². The molecule has 1 N–H and O–H groups in total. The molecule has 0 fully saturated rings. The summed E-state index contributed by atoms with van der Waals surface area (Å²) < 4.78 is 2.63.